The number of rotatable bonds is 6. The minimum Gasteiger partial charge on any atom is -0.454 e. The maximum atomic E-state index is 12.3. The van der Waals surface area contributed by atoms with Gasteiger partial charge in [-0.1, -0.05) is 18.9 Å². The van der Waals surface area contributed by atoms with Gasteiger partial charge < -0.3 is 10.1 Å². The highest BCUT2D eigenvalue weighted by molar-refractivity contribution is 6.24. The van der Waals surface area contributed by atoms with Crippen LogP contribution in [0.25, 0.3) is 0 Å². The third kappa shape index (κ3) is 3.78. The molecular formula is C17H17N3O7. The first-order valence-corrected chi connectivity index (χ1v) is 8.47. The summed E-state index contributed by atoms with van der Waals surface area (Å²) in [6.45, 7) is -1.24. The van der Waals surface area contributed by atoms with E-state index in [0.29, 0.717) is 4.90 Å². The second-order valence-electron chi connectivity index (χ2n) is 6.36. The SMILES string of the molecule is O=C(COC(=O)CN1C(=O)c2cccc([N+](=O)[O-])c2C1=O)NC1CCCC1. The zero-order chi connectivity index (χ0) is 19.6. The molecule has 0 aromatic heterocycles. The van der Waals surface area contributed by atoms with Gasteiger partial charge in [0.05, 0.1) is 10.5 Å². The van der Waals surface area contributed by atoms with Crippen LogP contribution in [0.4, 0.5) is 5.69 Å². The van der Waals surface area contributed by atoms with Crippen LogP contribution < -0.4 is 5.32 Å². The van der Waals surface area contributed by atoms with Crippen molar-refractivity contribution >= 4 is 29.4 Å². The average Bonchev–Trinajstić information content (AvgIpc) is 3.22. The Morgan fingerprint density at radius 3 is 2.59 bits per heavy atom. The van der Waals surface area contributed by atoms with E-state index in [9.17, 15) is 29.3 Å². The Morgan fingerprint density at radius 1 is 1.22 bits per heavy atom. The molecule has 0 saturated heterocycles. The van der Waals surface area contributed by atoms with E-state index in [-0.39, 0.29) is 17.2 Å². The van der Waals surface area contributed by atoms with E-state index < -0.39 is 47.5 Å². The lowest BCUT2D eigenvalue weighted by Crippen LogP contribution is -2.39. The minimum atomic E-state index is -0.950. The Kier molecular flexibility index (Phi) is 5.15. The molecule has 1 aromatic rings. The van der Waals surface area contributed by atoms with Crippen molar-refractivity contribution in [3.05, 3.63) is 39.4 Å². The summed E-state index contributed by atoms with van der Waals surface area (Å²) in [4.78, 5) is 59.2. The van der Waals surface area contributed by atoms with Gasteiger partial charge in [-0.25, -0.2) is 0 Å². The first-order valence-electron chi connectivity index (χ1n) is 8.47. The number of hydrogen-bond acceptors (Lipinski definition) is 7. The maximum Gasteiger partial charge on any atom is 0.326 e. The molecule has 0 unspecified atom stereocenters. The summed E-state index contributed by atoms with van der Waals surface area (Å²) >= 11 is 0. The lowest BCUT2D eigenvalue weighted by atomic mass is 10.1. The molecule has 1 fully saturated rings. The van der Waals surface area contributed by atoms with Crippen LogP contribution >= 0.6 is 0 Å². The third-order valence-corrected chi connectivity index (χ3v) is 4.55. The van der Waals surface area contributed by atoms with E-state index in [2.05, 4.69) is 5.32 Å². The van der Waals surface area contributed by atoms with Crippen LogP contribution in [0.15, 0.2) is 18.2 Å². The van der Waals surface area contributed by atoms with Gasteiger partial charge in [-0.2, -0.15) is 0 Å². The Hall–Kier alpha value is -3.30. The normalized spacial score (nSPS) is 16.4. The molecule has 3 amide bonds. The quantitative estimate of drug-likeness (QED) is 0.336. The molecule has 3 rings (SSSR count). The molecule has 0 spiro atoms. The standard InChI is InChI=1S/C17H17N3O7/c21-13(18-10-4-1-2-5-10)9-27-14(22)8-19-16(23)11-6-3-7-12(20(25)26)15(11)17(19)24/h3,6-7,10H,1-2,4-5,8-9H2,(H,18,21). The molecule has 142 valence electrons. The Labute approximate surface area is 153 Å². The van der Waals surface area contributed by atoms with Crippen LogP contribution in [-0.2, 0) is 14.3 Å². The predicted molar refractivity (Wildman–Crippen MR) is 89.8 cm³/mol. The second kappa shape index (κ2) is 7.52. The van der Waals surface area contributed by atoms with Gasteiger partial charge in [0.15, 0.2) is 6.61 Å². The van der Waals surface area contributed by atoms with E-state index in [0.717, 1.165) is 31.7 Å². The first-order chi connectivity index (χ1) is 12.9. The van der Waals surface area contributed by atoms with Crippen molar-refractivity contribution in [2.24, 2.45) is 0 Å². The predicted octanol–water partition coefficient (Wildman–Crippen LogP) is 0.793. The topological polar surface area (TPSA) is 136 Å². The number of benzene rings is 1. The first kappa shape index (κ1) is 18.5. The number of carbonyl (C=O) groups excluding carboxylic acids is 4. The largest absolute Gasteiger partial charge is 0.454 e. The number of nitrogens with zero attached hydrogens (tertiary/aromatic N) is 2. The van der Waals surface area contributed by atoms with Crippen molar-refractivity contribution in [1.82, 2.24) is 10.2 Å². The van der Waals surface area contributed by atoms with Gasteiger partial charge >= 0.3 is 5.97 Å². The van der Waals surface area contributed by atoms with Crippen LogP contribution in [0.2, 0.25) is 0 Å². The summed E-state index contributed by atoms with van der Waals surface area (Å²) in [5.74, 6) is -3.15. The molecule has 1 aromatic carbocycles. The molecule has 1 saturated carbocycles. The minimum absolute atomic E-state index is 0.0768. The number of fused-ring (bicyclic) bond motifs is 1. The molecule has 2 aliphatic rings. The van der Waals surface area contributed by atoms with Crippen molar-refractivity contribution in [1.29, 1.82) is 0 Å². The number of nitrogens with one attached hydrogen (secondary N) is 1. The van der Waals surface area contributed by atoms with Gasteiger partial charge in [0.1, 0.15) is 12.1 Å². The van der Waals surface area contributed by atoms with Crippen LogP contribution in [0.5, 0.6) is 0 Å². The van der Waals surface area contributed by atoms with E-state index in [1.54, 1.807) is 0 Å². The van der Waals surface area contributed by atoms with E-state index in [4.69, 9.17) is 4.74 Å². The monoisotopic (exact) mass is 375 g/mol. The molecular weight excluding hydrogens is 358 g/mol. The van der Waals surface area contributed by atoms with Gasteiger partial charge in [-0.05, 0) is 18.9 Å². The number of nitro groups is 1. The van der Waals surface area contributed by atoms with Crippen molar-refractivity contribution in [3.63, 3.8) is 0 Å². The Balaban J connectivity index is 1.59. The molecule has 0 atom stereocenters. The number of nitro benzene ring substituents is 1. The van der Waals surface area contributed by atoms with Gasteiger partial charge in [-0.3, -0.25) is 34.2 Å². The number of hydrogen-bond donors (Lipinski definition) is 1. The van der Waals surface area contributed by atoms with E-state index in [1.165, 1.54) is 12.1 Å². The van der Waals surface area contributed by atoms with Gasteiger partial charge in [-0.15, -0.1) is 0 Å². The van der Waals surface area contributed by atoms with E-state index in [1.807, 2.05) is 0 Å². The summed E-state index contributed by atoms with van der Waals surface area (Å²) in [5, 5.41) is 13.8. The molecule has 0 bridgehead atoms. The van der Waals surface area contributed by atoms with Crippen molar-refractivity contribution in [2.45, 2.75) is 31.7 Å². The number of ether oxygens (including phenoxy) is 1. The molecule has 10 nitrogen and oxygen atoms in total. The Bertz CT molecular complexity index is 830. The van der Waals surface area contributed by atoms with Gasteiger partial charge in [0.25, 0.3) is 23.4 Å². The molecule has 0 radical (unpaired) electrons. The summed E-state index contributed by atoms with van der Waals surface area (Å²) in [7, 11) is 0. The van der Waals surface area contributed by atoms with Gasteiger partial charge in [0.2, 0.25) is 0 Å². The summed E-state index contributed by atoms with van der Waals surface area (Å²) < 4.78 is 4.82. The van der Waals surface area contributed by atoms with Crippen LogP contribution in [-0.4, -0.2) is 52.7 Å². The highest BCUT2D eigenvalue weighted by Gasteiger charge is 2.42. The summed E-state index contributed by atoms with van der Waals surface area (Å²) in [5.41, 5.74) is -0.988. The summed E-state index contributed by atoms with van der Waals surface area (Å²) in [6, 6.07) is 3.76. The third-order valence-electron chi connectivity index (χ3n) is 4.55. The number of amides is 3. The van der Waals surface area contributed by atoms with Gasteiger partial charge in [0, 0.05) is 12.1 Å². The lowest BCUT2D eigenvalue weighted by molar-refractivity contribution is -0.385. The molecule has 1 heterocycles. The number of esters is 1. The zero-order valence-corrected chi connectivity index (χ0v) is 14.3. The highest BCUT2D eigenvalue weighted by Crippen LogP contribution is 2.30. The Morgan fingerprint density at radius 2 is 1.93 bits per heavy atom. The fourth-order valence-electron chi connectivity index (χ4n) is 3.27. The molecule has 27 heavy (non-hydrogen) atoms. The molecule has 1 aliphatic heterocycles. The molecule has 1 N–H and O–H groups in total. The average molecular weight is 375 g/mol. The van der Waals surface area contributed by atoms with Crippen molar-refractivity contribution in [3.8, 4) is 0 Å². The zero-order valence-electron chi connectivity index (χ0n) is 14.3. The fourth-order valence-corrected chi connectivity index (χ4v) is 3.27. The van der Waals surface area contributed by atoms with Crippen LogP contribution in [0, 0.1) is 10.1 Å². The highest BCUT2D eigenvalue weighted by atomic mass is 16.6. The second-order valence-corrected chi connectivity index (χ2v) is 6.36. The molecule has 10 heteroatoms. The smallest absolute Gasteiger partial charge is 0.326 e. The van der Waals surface area contributed by atoms with Crippen LogP contribution in [0.3, 0.4) is 0 Å². The van der Waals surface area contributed by atoms with Crippen LogP contribution in [0.1, 0.15) is 46.4 Å². The maximum absolute atomic E-state index is 12.3. The van der Waals surface area contributed by atoms with E-state index >= 15 is 0 Å². The van der Waals surface area contributed by atoms with Crippen molar-refractivity contribution < 1.29 is 28.8 Å². The fraction of sp³-hybridized carbons (Fsp3) is 0.412. The summed E-state index contributed by atoms with van der Waals surface area (Å²) in [6.07, 6.45) is 3.84. The molecule has 1 aliphatic carbocycles. The van der Waals surface area contributed by atoms with Crippen molar-refractivity contribution in [2.75, 3.05) is 13.2 Å². The lowest BCUT2D eigenvalue weighted by Gasteiger charge is -2.14. The number of imide groups is 1. The number of carbonyl (C=O) groups is 4.